The van der Waals surface area contributed by atoms with E-state index in [-0.39, 0.29) is 107 Å². The van der Waals surface area contributed by atoms with Gasteiger partial charge in [0, 0.05) is 78.1 Å². The Bertz CT molecular complexity index is 2650. The Labute approximate surface area is 577 Å². The summed E-state index contributed by atoms with van der Waals surface area (Å²) in [6.45, 7) is 14.9. The van der Waals surface area contributed by atoms with E-state index in [0.29, 0.717) is 52.1 Å². The van der Waals surface area contributed by atoms with E-state index in [2.05, 4.69) is 50.2 Å². The van der Waals surface area contributed by atoms with Gasteiger partial charge in [-0.2, -0.15) is 0 Å². The van der Waals surface area contributed by atoms with Gasteiger partial charge in [0.15, 0.2) is 27.2 Å². The molecule has 16 nitrogen and oxygen atoms in total. The van der Waals surface area contributed by atoms with Crippen LogP contribution in [-0.4, -0.2) is 119 Å². The van der Waals surface area contributed by atoms with Gasteiger partial charge in [-0.1, -0.05) is 160 Å². The standard InChI is InChI=1S/C37H56O8.C37H54O8.B.Na.H/c2*1-6-15-34(38)32(36(39)42-7-2)16-13-11-9-8-10-12-14-17-33-31-23-22-30(45-27-41-5)24-35(31)43-25-37(33,3)28-18-20-29(21-19-28)44-26-40-4;;;/h18-24,32-34,38H,6-17,25-27H2,1-5H3;18-24,32-33H,6-17,25-27H2,1-5H3;;;/q;;;+1;-1/t32?,33-,34?,37-;32?,33-,37-;;;/m11.../s1. The minimum absolute atomic E-state index is 0. The number of ether oxygens (including phenoxy) is 12. The maximum atomic E-state index is 12.4. The molecule has 507 valence electrons. The topological polar surface area (TPSA) is 182 Å². The summed E-state index contributed by atoms with van der Waals surface area (Å²) in [7, 11) is 6.46. The second-order valence-corrected chi connectivity index (χ2v) is 24.5. The maximum Gasteiger partial charge on any atom is 1.00 e. The first-order valence-electron chi connectivity index (χ1n) is 33.5. The largest absolute Gasteiger partial charge is 1.00 e. The van der Waals surface area contributed by atoms with Crippen LogP contribution in [0.4, 0.5) is 0 Å². The number of carbonyl (C=O) groups excluding carboxylic acids is 3. The average Bonchev–Trinajstić information content (AvgIpc) is 0.778. The van der Waals surface area contributed by atoms with Crippen LogP contribution in [0.1, 0.15) is 218 Å². The molecule has 7 atom stereocenters. The van der Waals surface area contributed by atoms with Gasteiger partial charge in [0.05, 0.1) is 38.4 Å². The van der Waals surface area contributed by atoms with Gasteiger partial charge in [0.25, 0.3) is 0 Å². The fourth-order valence-corrected chi connectivity index (χ4v) is 12.7. The molecule has 2 aliphatic rings. The van der Waals surface area contributed by atoms with Crippen LogP contribution < -0.4 is 58.0 Å². The van der Waals surface area contributed by atoms with Crippen LogP contribution in [0.3, 0.4) is 0 Å². The Morgan fingerprint density at radius 3 is 1.26 bits per heavy atom. The van der Waals surface area contributed by atoms with Gasteiger partial charge in [-0.15, -0.1) is 0 Å². The van der Waals surface area contributed by atoms with Gasteiger partial charge in [0.1, 0.15) is 46.2 Å². The quantitative estimate of drug-likeness (QED) is 0.0145. The molecule has 0 bridgehead atoms. The van der Waals surface area contributed by atoms with Crippen LogP contribution >= 0.6 is 0 Å². The van der Waals surface area contributed by atoms with Gasteiger partial charge in [0.2, 0.25) is 0 Å². The number of methoxy groups -OCH3 is 4. The molecule has 1 N–H and O–H groups in total. The summed E-state index contributed by atoms with van der Waals surface area (Å²) >= 11 is 0. The van der Waals surface area contributed by atoms with Crippen LogP contribution in [-0.2, 0) is 53.6 Å². The maximum absolute atomic E-state index is 12.4. The number of ketones is 1. The van der Waals surface area contributed by atoms with Crippen molar-refractivity contribution in [3.05, 3.63) is 107 Å². The molecule has 0 fully saturated rings. The zero-order chi connectivity index (χ0) is 65.0. The van der Waals surface area contributed by atoms with Crippen molar-refractivity contribution < 1.29 is 107 Å². The second-order valence-electron chi connectivity index (χ2n) is 24.5. The summed E-state index contributed by atoms with van der Waals surface area (Å²) < 4.78 is 66.0. The van der Waals surface area contributed by atoms with Crippen LogP contribution in [0.25, 0.3) is 0 Å². The third kappa shape index (κ3) is 25.7. The van der Waals surface area contributed by atoms with E-state index >= 15 is 0 Å². The number of fused-ring (bicyclic) bond motifs is 2. The number of benzene rings is 4. The molecule has 2 heterocycles. The first kappa shape index (κ1) is 81.4. The number of aliphatic hydroxyl groups excluding tert-OH is 1. The molecule has 4 aromatic rings. The molecular formula is C74H111BNaO16. The van der Waals surface area contributed by atoms with Crippen molar-refractivity contribution >= 4 is 26.1 Å². The van der Waals surface area contributed by atoms with Gasteiger partial charge < -0.3 is 63.4 Å². The molecule has 3 unspecified atom stereocenters. The molecule has 0 saturated carbocycles. The van der Waals surface area contributed by atoms with E-state index in [9.17, 15) is 19.5 Å². The van der Waals surface area contributed by atoms with Crippen molar-refractivity contribution in [3.63, 3.8) is 0 Å². The number of Topliss-reactive ketones (excluding diaryl/α,β-unsaturated/α-hetero) is 1. The Morgan fingerprint density at radius 1 is 0.500 bits per heavy atom. The number of rotatable bonds is 44. The van der Waals surface area contributed by atoms with Gasteiger partial charge >= 0.3 is 41.5 Å². The number of hydrogen-bond donors (Lipinski definition) is 1. The summed E-state index contributed by atoms with van der Waals surface area (Å²) in [6, 6.07) is 28.9. The third-order valence-electron chi connectivity index (χ3n) is 17.8. The smallest absolute Gasteiger partial charge is 1.00 e. The van der Waals surface area contributed by atoms with Gasteiger partial charge in [-0.3, -0.25) is 14.4 Å². The molecule has 18 heteroatoms. The fourth-order valence-electron chi connectivity index (χ4n) is 12.7. The van der Waals surface area contributed by atoms with Crippen molar-refractivity contribution in [3.8, 4) is 34.5 Å². The average molecular weight is 1290 g/mol. The second kappa shape index (κ2) is 45.5. The minimum Gasteiger partial charge on any atom is -1.00 e. The summed E-state index contributed by atoms with van der Waals surface area (Å²) in [4.78, 5) is 37.0. The zero-order valence-electron chi connectivity index (χ0n) is 58.8. The normalized spacial score (nSPS) is 18.0. The summed E-state index contributed by atoms with van der Waals surface area (Å²) in [5.74, 6) is 3.78. The van der Waals surface area contributed by atoms with Gasteiger partial charge in [-0.05, 0) is 111 Å². The molecule has 4 aromatic carbocycles. The molecule has 0 saturated heterocycles. The zero-order valence-corrected chi connectivity index (χ0v) is 59.8. The summed E-state index contributed by atoms with van der Waals surface area (Å²) in [6.07, 6.45) is 20.9. The SMILES string of the molecule is CCCC(=O)C(CCCCCCCCC[C@@H]1c2ccc(OCOC)cc2OC[C@]1(C)c1ccc(OCOC)cc1)C(=O)OCC.CCCC(O)C(CCCCCCCCC[C@@H]1c2ccc(OCOC)cc2OC[C@]1(C)c1ccc(OCOC)cc1)C(=O)OCC.[B].[H-].[Na+]. The molecule has 92 heavy (non-hydrogen) atoms. The Hall–Kier alpha value is -4.85. The first-order valence-corrected chi connectivity index (χ1v) is 33.5. The van der Waals surface area contributed by atoms with Crippen molar-refractivity contribution in [1.29, 1.82) is 0 Å². The van der Waals surface area contributed by atoms with E-state index in [0.717, 1.165) is 131 Å². The molecule has 2 aliphatic heterocycles. The summed E-state index contributed by atoms with van der Waals surface area (Å²) in [5, 5.41) is 10.4. The van der Waals surface area contributed by atoms with E-state index < -0.39 is 17.9 Å². The molecule has 3 radical (unpaired) electrons. The van der Waals surface area contributed by atoms with Crippen LogP contribution in [0.5, 0.6) is 34.5 Å². The van der Waals surface area contributed by atoms with Crippen molar-refractivity contribution in [2.45, 2.75) is 212 Å². The Balaban J connectivity index is 0.000000614. The number of hydrogen-bond acceptors (Lipinski definition) is 16. The van der Waals surface area contributed by atoms with E-state index in [1.165, 1.54) is 41.5 Å². The number of esters is 2. The predicted molar refractivity (Wildman–Crippen MR) is 358 cm³/mol. The fraction of sp³-hybridized carbons (Fsp3) is 0.635. The van der Waals surface area contributed by atoms with Crippen molar-refractivity contribution in [1.82, 2.24) is 0 Å². The van der Waals surface area contributed by atoms with Crippen molar-refractivity contribution in [2.24, 2.45) is 11.8 Å². The van der Waals surface area contributed by atoms with E-state index in [1.54, 1.807) is 35.4 Å². The number of unbranched alkanes of at least 4 members (excludes halogenated alkanes) is 12. The Kier molecular flexibility index (Phi) is 40.3. The van der Waals surface area contributed by atoms with E-state index in [4.69, 9.17) is 56.8 Å². The molecule has 0 aromatic heterocycles. The van der Waals surface area contributed by atoms with Crippen molar-refractivity contribution in [2.75, 3.05) is 82.0 Å². The first-order chi connectivity index (χ1) is 43.7. The molecule has 6 rings (SSSR count). The molecular weight excluding hydrogens is 1180 g/mol. The molecule has 0 spiro atoms. The summed E-state index contributed by atoms with van der Waals surface area (Å²) in [5.41, 5.74) is 4.48. The molecule has 0 aliphatic carbocycles. The van der Waals surface area contributed by atoms with Crippen LogP contribution in [0.2, 0.25) is 0 Å². The van der Waals surface area contributed by atoms with Crippen LogP contribution in [0, 0.1) is 11.8 Å². The minimum atomic E-state index is -0.610. The Morgan fingerprint density at radius 2 is 0.870 bits per heavy atom. The molecule has 0 amide bonds. The third-order valence-corrected chi connectivity index (χ3v) is 17.8. The monoisotopic (exact) mass is 1290 g/mol. The van der Waals surface area contributed by atoms with Gasteiger partial charge in [-0.25, -0.2) is 0 Å². The van der Waals surface area contributed by atoms with E-state index in [1.807, 2.05) is 69.3 Å². The van der Waals surface area contributed by atoms with Crippen LogP contribution in [0.15, 0.2) is 84.9 Å². The number of aliphatic hydroxyl groups is 1. The number of carbonyl (C=O) groups is 3. The predicted octanol–water partition coefficient (Wildman–Crippen LogP) is 12.8.